The van der Waals surface area contributed by atoms with Gasteiger partial charge in [-0.2, -0.15) is 0 Å². The fraction of sp³-hybridized carbons (Fsp3) is 0.552. The fourth-order valence-electron chi connectivity index (χ4n) is 5.17. The first-order valence-corrected chi connectivity index (χ1v) is 12.7. The summed E-state index contributed by atoms with van der Waals surface area (Å²) in [6.45, 7) is 9.86. The number of aliphatic hydroxyl groups is 1. The number of benzene rings is 2. The summed E-state index contributed by atoms with van der Waals surface area (Å²) in [6, 6.07) is 17.1. The van der Waals surface area contributed by atoms with E-state index in [1.165, 1.54) is 12.0 Å². The summed E-state index contributed by atoms with van der Waals surface area (Å²) in [4.78, 5) is 15.5. The lowest BCUT2D eigenvalue weighted by Crippen LogP contribution is -2.38. The SMILES string of the molecule is CC(C)N(CC[C@H](c1ccccc1)c1cc(CO)ccc1OC(=O)C1CCCCC1)C(C)C. The molecule has 4 nitrogen and oxygen atoms in total. The van der Waals surface area contributed by atoms with Gasteiger partial charge in [-0.3, -0.25) is 9.69 Å². The molecule has 0 aliphatic heterocycles. The van der Waals surface area contributed by atoms with Gasteiger partial charge in [-0.1, -0.05) is 55.7 Å². The van der Waals surface area contributed by atoms with Crippen molar-refractivity contribution in [2.75, 3.05) is 6.54 Å². The van der Waals surface area contributed by atoms with E-state index in [9.17, 15) is 9.90 Å². The Labute approximate surface area is 200 Å². The summed E-state index contributed by atoms with van der Waals surface area (Å²) >= 11 is 0. The van der Waals surface area contributed by atoms with Crippen molar-refractivity contribution in [3.63, 3.8) is 0 Å². The minimum absolute atomic E-state index is 0.00309. The fourth-order valence-corrected chi connectivity index (χ4v) is 5.17. The number of carbonyl (C=O) groups excluding carboxylic acids is 1. The van der Waals surface area contributed by atoms with Crippen LogP contribution in [0.2, 0.25) is 0 Å². The Balaban J connectivity index is 1.94. The summed E-state index contributed by atoms with van der Waals surface area (Å²) in [6.07, 6.45) is 6.15. The van der Waals surface area contributed by atoms with Crippen LogP contribution in [-0.4, -0.2) is 34.6 Å². The van der Waals surface area contributed by atoms with Gasteiger partial charge >= 0.3 is 5.97 Å². The van der Waals surface area contributed by atoms with Crippen LogP contribution in [0.15, 0.2) is 48.5 Å². The zero-order valence-corrected chi connectivity index (χ0v) is 20.8. The maximum atomic E-state index is 13.0. The number of nitrogens with zero attached hydrogens (tertiary/aromatic N) is 1. The van der Waals surface area contributed by atoms with Gasteiger partial charge in [0.25, 0.3) is 0 Å². The van der Waals surface area contributed by atoms with E-state index in [0.29, 0.717) is 17.8 Å². The minimum Gasteiger partial charge on any atom is -0.426 e. The van der Waals surface area contributed by atoms with E-state index < -0.39 is 0 Å². The van der Waals surface area contributed by atoms with Crippen molar-refractivity contribution in [1.29, 1.82) is 0 Å². The lowest BCUT2D eigenvalue weighted by Gasteiger charge is -2.32. The van der Waals surface area contributed by atoms with E-state index >= 15 is 0 Å². The van der Waals surface area contributed by atoms with Crippen molar-refractivity contribution in [3.8, 4) is 5.75 Å². The van der Waals surface area contributed by atoms with Gasteiger partial charge in [0, 0.05) is 23.6 Å². The molecule has 1 atom stereocenters. The van der Waals surface area contributed by atoms with Crippen molar-refractivity contribution in [2.45, 2.75) is 90.8 Å². The van der Waals surface area contributed by atoms with Crippen molar-refractivity contribution in [2.24, 2.45) is 5.92 Å². The topological polar surface area (TPSA) is 49.8 Å². The highest BCUT2D eigenvalue weighted by Crippen LogP contribution is 2.37. The van der Waals surface area contributed by atoms with Gasteiger partial charge in [-0.25, -0.2) is 0 Å². The maximum Gasteiger partial charge on any atom is 0.314 e. The first kappa shape index (κ1) is 25.5. The van der Waals surface area contributed by atoms with Gasteiger partial charge in [-0.15, -0.1) is 0 Å². The van der Waals surface area contributed by atoms with Crippen molar-refractivity contribution >= 4 is 5.97 Å². The molecular formula is C29H41NO3. The molecule has 1 saturated carbocycles. The summed E-state index contributed by atoms with van der Waals surface area (Å²) in [5, 5.41) is 9.84. The Hall–Kier alpha value is -2.17. The van der Waals surface area contributed by atoms with Crippen LogP contribution in [0.1, 0.15) is 88.8 Å². The van der Waals surface area contributed by atoms with E-state index in [1.807, 2.05) is 24.3 Å². The van der Waals surface area contributed by atoms with Crippen molar-refractivity contribution in [1.82, 2.24) is 4.90 Å². The molecule has 0 spiro atoms. The van der Waals surface area contributed by atoms with Crippen LogP contribution in [0.4, 0.5) is 0 Å². The monoisotopic (exact) mass is 451 g/mol. The molecule has 0 aromatic heterocycles. The molecule has 0 saturated heterocycles. The smallest absolute Gasteiger partial charge is 0.314 e. The molecule has 0 heterocycles. The zero-order chi connectivity index (χ0) is 23.8. The summed E-state index contributed by atoms with van der Waals surface area (Å²) in [5.41, 5.74) is 3.03. The lowest BCUT2D eigenvalue weighted by molar-refractivity contribution is -0.140. The van der Waals surface area contributed by atoms with Crippen LogP contribution in [0, 0.1) is 5.92 Å². The van der Waals surface area contributed by atoms with Crippen molar-refractivity contribution in [3.05, 3.63) is 65.2 Å². The van der Waals surface area contributed by atoms with Crippen molar-refractivity contribution < 1.29 is 14.6 Å². The van der Waals surface area contributed by atoms with Crippen LogP contribution in [0.3, 0.4) is 0 Å². The molecule has 3 rings (SSSR count). The average molecular weight is 452 g/mol. The number of hydrogen-bond donors (Lipinski definition) is 1. The highest BCUT2D eigenvalue weighted by molar-refractivity contribution is 5.75. The molecule has 4 heteroatoms. The molecule has 0 amide bonds. The van der Waals surface area contributed by atoms with Crippen LogP contribution in [0.5, 0.6) is 5.75 Å². The summed E-state index contributed by atoms with van der Waals surface area (Å²) in [7, 11) is 0. The van der Waals surface area contributed by atoms with E-state index in [0.717, 1.165) is 49.8 Å². The molecule has 0 radical (unpaired) electrons. The normalized spacial score (nSPS) is 15.9. The Kier molecular flexibility index (Phi) is 9.52. The second-order valence-electron chi connectivity index (χ2n) is 9.96. The first-order valence-electron chi connectivity index (χ1n) is 12.7. The predicted molar refractivity (Wildman–Crippen MR) is 134 cm³/mol. The van der Waals surface area contributed by atoms with Crippen LogP contribution in [-0.2, 0) is 11.4 Å². The van der Waals surface area contributed by atoms with Gasteiger partial charge in [-0.05, 0) is 76.8 Å². The zero-order valence-electron chi connectivity index (χ0n) is 20.8. The van der Waals surface area contributed by atoms with Crippen LogP contribution < -0.4 is 4.74 Å². The largest absolute Gasteiger partial charge is 0.426 e. The maximum absolute atomic E-state index is 13.0. The molecule has 0 unspecified atom stereocenters. The number of carbonyl (C=O) groups is 1. The molecule has 1 aliphatic rings. The Morgan fingerprint density at radius 2 is 1.67 bits per heavy atom. The Bertz CT molecular complexity index is 864. The van der Waals surface area contributed by atoms with Gasteiger partial charge in [0.2, 0.25) is 0 Å². The standard InChI is InChI=1S/C29H41NO3/c1-21(2)30(22(3)4)18-17-26(24-11-7-5-8-12-24)27-19-23(20-31)15-16-28(27)33-29(32)25-13-9-6-10-14-25/h5,7-8,11-12,15-16,19,21-22,25-26,31H,6,9-10,13-14,17-18,20H2,1-4H3/t26-/m1/s1. The third-order valence-corrected chi connectivity index (χ3v) is 6.99. The van der Waals surface area contributed by atoms with Crippen LogP contribution in [0.25, 0.3) is 0 Å². The number of esters is 1. The molecular weight excluding hydrogens is 410 g/mol. The molecule has 1 aliphatic carbocycles. The molecule has 1 fully saturated rings. The molecule has 180 valence electrons. The second kappa shape index (κ2) is 12.3. The molecule has 2 aromatic carbocycles. The third-order valence-electron chi connectivity index (χ3n) is 6.99. The predicted octanol–water partition coefficient (Wildman–Crippen LogP) is 6.31. The highest BCUT2D eigenvalue weighted by Gasteiger charge is 2.27. The van der Waals surface area contributed by atoms with Gasteiger partial charge < -0.3 is 9.84 Å². The third kappa shape index (κ3) is 6.91. The Morgan fingerprint density at radius 1 is 1.00 bits per heavy atom. The first-order chi connectivity index (χ1) is 15.9. The van der Waals surface area contributed by atoms with Gasteiger partial charge in [0.15, 0.2) is 0 Å². The van der Waals surface area contributed by atoms with Gasteiger partial charge in [0.05, 0.1) is 12.5 Å². The van der Waals surface area contributed by atoms with E-state index in [2.05, 4.69) is 56.9 Å². The number of aliphatic hydroxyl groups excluding tert-OH is 1. The number of rotatable bonds is 10. The van der Waals surface area contributed by atoms with E-state index in [-0.39, 0.29) is 24.4 Å². The Morgan fingerprint density at radius 3 is 2.27 bits per heavy atom. The summed E-state index contributed by atoms with van der Waals surface area (Å²) < 4.78 is 6.05. The number of hydrogen-bond acceptors (Lipinski definition) is 4. The van der Waals surface area contributed by atoms with E-state index in [4.69, 9.17) is 4.74 Å². The minimum atomic E-state index is -0.106. The summed E-state index contributed by atoms with van der Waals surface area (Å²) in [5.74, 6) is 0.603. The molecule has 33 heavy (non-hydrogen) atoms. The van der Waals surface area contributed by atoms with E-state index in [1.54, 1.807) is 0 Å². The molecule has 0 bridgehead atoms. The average Bonchev–Trinajstić information content (AvgIpc) is 2.83. The lowest BCUT2D eigenvalue weighted by atomic mass is 9.86. The second-order valence-corrected chi connectivity index (χ2v) is 9.96. The molecule has 1 N–H and O–H groups in total. The van der Waals surface area contributed by atoms with Crippen LogP contribution >= 0.6 is 0 Å². The quantitative estimate of drug-likeness (QED) is 0.340. The van der Waals surface area contributed by atoms with Gasteiger partial charge in [0.1, 0.15) is 5.75 Å². The molecule has 2 aromatic rings. The number of ether oxygens (including phenoxy) is 1. The highest BCUT2D eigenvalue weighted by atomic mass is 16.5.